The van der Waals surface area contributed by atoms with Crippen molar-refractivity contribution in [3.8, 4) is 22.3 Å². The molecule has 21 heavy (non-hydrogen) atoms. The predicted octanol–water partition coefficient (Wildman–Crippen LogP) is 4.82. The maximum atomic E-state index is 9.91. The van der Waals surface area contributed by atoms with Crippen molar-refractivity contribution in [3.63, 3.8) is 0 Å². The highest BCUT2D eigenvalue weighted by Crippen LogP contribution is 2.33. The van der Waals surface area contributed by atoms with E-state index in [2.05, 4.69) is 43.3 Å². The Balaban J connectivity index is 2.25. The first kappa shape index (κ1) is 13.6. The second-order valence-electron chi connectivity index (χ2n) is 5.23. The van der Waals surface area contributed by atoms with Gasteiger partial charge in [-0.25, -0.2) is 0 Å². The average Bonchev–Trinajstić information content (AvgIpc) is 2.55. The van der Waals surface area contributed by atoms with E-state index < -0.39 is 0 Å². The van der Waals surface area contributed by atoms with E-state index >= 15 is 0 Å². The van der Waals surface area contributed by atoms with E-state index in [1.165, 1.54) is 5.56 Å². The lowest BCUT2D eigenvalue weighted by Crippen LogP contribution is -1.95. The van der Waals surface area contributed by atoms with Crippen LogP contribution < -0.4 is 0 Å². The van der Waals surface area contributed by atoms with E-state index in [9.17, 15) is 5.11 Å². The number of hydrogen-bond donors (Lipinski definition) is 1. The van der Waals surface area contributed by atoms with Crippen molar-refractivity contribution < 1.29 is 5.11 Å². The first-order valence-electron chi connectivity index (χ1n) is 7.15. The summed E-state index contributed by atoms with van der Waals surface area (Å²) in [6.07, 6.45) is 0. The Morgan fingerprint density at radius 2 is 1.14 bits per heavy atom. The molecule has 1 nitrogen and oxygen atoms in total. The second kappa shape index (κ2) is 5.94. The molecule has 3 aromatic carbocycles. The monoisotopic (exact) mass is 274 g/mol. The Bertz CT molecular complexity index is 670. The SMILES string of the molecule is Cc1cc(-c2ccccc2)c(CO)c(-c2ccccc2)c1. The van der Waals surface area contributed by atoms with Crippen molar-refractivity contribution in [1.29, 1.82) is 0 Å². The Morgan fingerprint density at radius 1 is 0.714 bits per heavy atom. The third-order valence-corrected chi connectivity index (χ3v) is 3.72. The molecule has 3 aromatic rings. The number of aryl methyl sites for hydroxylation is 1. The van der Waals surface area contributed by atoms with E-state index in [-0.39, 0.29) is 6.61 Å². The van der Waals surface area contributed by atoms with Crippen LogP contribution in [-0.2, 0) is 6.61 Å². The van der Waals surface area contributed by atoms with Crippen LogP contribution in [0.5, 0.6) is 0 Å². The summed E-state index contributed by atoms with van der Waals surface area (Å²) in [5, 5.41) is 9.91. The van der Waals surface area contributed by atoms with Gasteiger partial charge < -0.3 is 5.11 Å². The molecule has 0 radical (unpaired) electrons. The van der Waals surface area contributed by atoms with Gasteiger partial charge in [0.25, 0.3) is 0 Å². The van der Waals surface area contributed by atoms with Gasteiger partial charge in [0.05, 0.1) is 6.61 Å². The Hall–Kier alpha value is -2.38. The van der Waals surface area contributed by atoms with Crippen molar-refractivity contribution in [1.82, 2.24) is 0 Å². The molecule has 0 heterocycles. The van der Waals surface area contributed by atoms with E-state index in [0.29, 0.717) is 0 Å². The molecule has 0 aliphatic heterocycles. The van der Waals surface area contributed by atoms with Gasteiger partial charge in [0.1, 0.15) is 0 Å². The summed E-state index contributed by atoms with van der Waals surface area (Å²) in [7, 11) is 0. The zero-order valence-electron chi connectivity index (χ0n) is 12.1. The molecule has 0 unspecified atom stereocenters. The summed E-state index contributed by atoms with van der Waals surface area (Å²) in [5.41, 5.74) is 6.68. The summed E-state index contributed by atoms with van der Waals surface area (Å²) in [4.78, 5) is 0. The van der Waals surface area contributed by atoms with E-state index in [0.717, 1.165) is 27.8 Å². The molecule has 0 saturated carbocycles. The van der Waals surface area contributed by atoms with Gasteiger partial charge in [-0.2, -0.15) is 0 Å². The highest BCUT2D eigenvalue weighted by molar-refractivity contribution is 5.79. The topological polar surface area (TPSA) is 20.2 Å². The van der Waals surface area contributed by atoms with Gasteiger partial charge in [0.15, 0.2) is 0 Å². The van der Waals surface area contributed by atoms with Gasteiger partial charge in [-0.1, -0.05) is 72.8 Å². The Labute approximate surface area is 125 Å². The van der Waals surface area contributed by atoms with Crippen LogP contribution in [0.25, 0.3) is 22.3 Å². The molecule has 0 atom stereocenters. The third-order valence-electron chi connectivity index (χ3n) is 3.72. The van der Waals surface area contributed by atoms with Crippen LogP contribution in [0.4, 0.5) is 0 Å². The molecule has 1 heteroatoms. The van der Waals surface area contributed by atoms with Crippen molar-refractivity contribution in [2.75, 3.05) is 0 Å². The lowest BCUT2D eigenvalue weighted by molar-refractivity contribution is 0.283. The van der Waals surface area contributed by atoms with Gasteiger partial charge in [0, 0.05) is 0 Å². The minimum Gasteiger partial charge on any atom is -0.392 e. The first-order chi connectivity index (χ1) is 10.3. The maximum absolute atomic E-state index is 9.91. The molecule has 0 amide bonds. The molecule has 0 aromatic heterocycles. The van der Waals surface area contributed by atoms with Crippen molar-refractivity contribution in [3.05, 3.63) is 83.9 Å². The lowest BCUT2D eigenvalue weighted by atomic mass is 9.90. The molecular weight excluding hydrogens is 256 g/mol. The second-order valence-corrected chi connectivity index (χ2v) is 5.23. The van der Waals surface area contributed by atoms with Crippen LogP contribution in [0.2, 0.25) is 0 Å². The van der Waals surface area contributed by atoms with Crippen LogP contribution in [0.1, 0.15) is 11.1 Å². The van der Waals surface area contributed by atoms with Crippen molar-refractivity contribution in [2.24, 2.45) is 0 Å². The largest absolute Gasteiger partial charge is 0.392 e. The normalized spacial score (nSPS) is 10.6. The standard InChI is InChI=1S/C20H18O/c1-15-12-18(16-8-4-2-5-9-16)20(14-21)19(13-15)17-10-6-3-7-11-17/h2-13,21H,14H2,1H3. The van der Waals surface area contributed by atoms with Crippen molar-refractivity contribution >= 4 is 0 Å². The highest BCUT2D eigenvalue weighted by atomic mass is 16.3. The maximum Gasteiger partial charge on any atom is 0.0693 e. The van der Waals surface area contributed by atoms with Gasteiger partial charge in [-0.05, 0) is 40.3 Å². The molecule has 3 rings (SSSR count). The van der Waals surface area contributed by atoms with Gasteiger partial charge >= 0.3 is 0 Å². The smallest absolute Gasteiger partial charge is 0.0693 e. The highest BCUT2D eigenvalue weighted by Gasteiger charge is 2.12. The van der Waals surface area contributed by atoms with Crippen LogP contribution in [0.3, 0.4) is 0 Å². The van der Waals surface area contributed by atoms with Crippen LogP contribution >= 0.6 is 0 Å². The minimum atomic E-state index is 0.0364. The Morgan fingerprint density at radius 3 is 1.52 bits per heavy atom. The van der Waals surface area contributed by atoms with Crippen LogP contribution in [0.15, 0.2) is 72.8 Å². The Kier molecular flexibility index (Phi) is 3.85. The van der Waals surface area contributed by atoms with Gasteiger partial charge in [-0.15, -0.1) is 0 Å². The number of aliphatic hydroxyl groups excluding tert-OH is 1. The minimum absolute atomic E-state index is 0.0364. The summed E-state index contributed by atoms with van der Waals surface area (Å²) in [5.74, 6) is 0. The van der Waals surface area contributed by atoms with E-state index in [1.807, 2.05) is 36.4 Å². The molecule has 104 valence electrons. The van der Waals surface area contributed by atoms with Crippen LogP contribution in [-0.4, -0.2) is 5.11 Å². The molecule has 0 fully saturated rings. The summed E-state index contributed by atoms with van der Waals surface area (Å²) < 4.78 is 0. The van der Waals surface area contributed by atoms with Gasteiger partial charge in [-0.3, -0.25) is 0 Å². The molecular formula is C20H18O. The first-order valence-corrected chi connectivity index (χ1v) is 7.15. The molecule has 0 saturated heterocycles. The fraction of sp³-hybridized carbons (Fsp3) is 0.100. The molecule has 1 N–H and O–H groups in total. The zero-order chi connectivity index (χ0) is 14.7. The third kappa shape index (κ3) is 2.74. The number of rotatable bonds is 3. The molecule has 0 aliphatic rings. The fourth-order valence-electron chi connectivity index (χ4n) is 2.74. The zero-order valence-corrected chi connectivity index (χ0v) is 12.1. The predicted molar refractivity (Wildman–Crippen MR) is 88.0 cm³/mol. The summed E-state index contributed by atoms with van der Waals surface area (Å²) >= 11 is 0. The molecule has 0 aliphatic carbocycles. The van der Waals surface area contributed by atoms with Crippen LogP contribution in [0, 0.1) is 6.92 Å². The van der Waals surface area contributed by atoms with Gasteiger partial charge in [0.2, 0.25) is 0 Å². The van der Waals surface area contributed by atoms with Crippen molar-refractivity contribution in [2.45, 2.75) is 13.5 Å². The van der Waals surface area contributed by atoms with E-state index in [1.54, 1.807) is 0 Å². The summed E-state index contributed by atoms with van der Waals surface area (Å²) in [6, 6.07) is 24.8. The average molecular weight is 274 g/mol. The molecule has 0 spiro atoms. The van der Waals surface area contributed by atoms with E-state index in [4.69, 9.17) is 0 Å². The quantitative estimate of drug-likeness (QED) is 0.726. The fourth-order valence-corrected chi connectivity index (χ4v) is 2.74. The molecule has 0 bridgehead atoms. The number of benzene rings is 3. The lowest BCUT2D eigenvalue weighted by Gasteiger charge is -2.15. The summed E-state index contributed by atoms with van der Waals surface area (Å²) in [6.45, 7) is 2.13. The number of hydrogen-bond acceptors (Lipinski definition) is 1. The number of aliphatic hydroxyl groups is 1.